The monoisotopic (exact) mass is 2340 g/mol. The fraction of sp³-hybridized carbons (Fsp3) is 0.165. The molecule has 18 rings (SSSR count). The van der Waals surface area contributed by atoms with Crippen LogP contribution in [-0.4, -0.2) is 40.8 Å². The Hall–Kier alpha value is -10.8. The smallest absolute Gasteiger partial charge is 0.164 e. The minimum absolute atomic E-state index is 0. The van der Waals surface area contributed by atoms with Gasteiger partial charge in [0.25, 0.3) is 0 Å². The standard InChI is InChI=1S/C21H22N.C18H12NO.C18H14N.C17H10NS.2C12H10N.C11H20O2.4Ir/c1-14(2)10-17-6-5-7-21-19(17)8-9-20(22-21)18-12-15(3)11-16(4)13-18;1-12-9-10-16(19-11-12)15-7-4-6-14-13-5-2-3-8-17(13)20-18(14)15;1-14-12-18(16-10-6-3-7-11-16)19-13-17(14)15-8-4-2-5-9-15;1-2-7-16-13(5-1)14-11-12(8-9-17(14)19-16)15-6-3-4-10-18-15;1-10-6-5-9-13-12(10)11-7-3-2-4-8-11;1-10-7-8-12(13-9-10)11-5-3-2-4-6-11;1-10(2,3)8(12)7-9(13)11(4,5)6;;;;/h5-9,11-12,14H,10H2,1-4H3;2-6,8-11H,1H3;2-10,12-13H,1H3;1-7,9-11H;2-7,9H,1H3;2-5,7-9H,1H3;7,12H,1-6H3;;;;/q6*-1;;;;;. The van der Waals surface area contributed by atoms with E-state index in [0.29, 0.717) is 5.92 Å². The van der Waals surface area contributed by atoms with Gasteiger partial charge in [-0.05, 0) is 142 Å². The van der Waals surface area contributed by atoms with Crippen molar-refractivity contribution in [1.82, 2.24) is 29.9 Å². The Bertz CT molecular complexity index is 6390. The molecule has 0 fully saturated rings. The molecule has 4 radical (unpaired) electrons. The van der Waals surface area contributed by atoms with Crippen molar-refractivity contribution in [2.45, 2.75) is 103 Å². The second kappa shape index (κ2) is 46.6. The summed E-state index contributed by atoms with van der Waals surface area (Å²) in [6.45, 7) is 28.1. The summed E-state index contributed by atoms with van der Waals surface area (Å²) < 4.78 is 8.60. The van der Waals surface area contributed by atoms with Gasteiger partial charge in [-0.1, -0.05) is 231 Å². The molecule has 0 atom stereocenters. The van der Waals surface area contributed by atoms with Crippen LogP contribution in [0.1, 0.15) is 94.3 Å². The molecule has 0 aliphatic heterocycles. The first-order valence-corrected chi connectivity index (χ1v) is 40.8. The number of benzene rings is 10. The predicted octanol–water partition coefficient (Wildman–Crippen LogP) is 28.5. The number of pyridine rings is 6. The molecule has 0 saturated heterocycles. The fourth-order valence-electron chi connectivity index (χ4n) is 13.1. The third kappa shape index (κ3) is 27.1. The Balaban J connectivity index is 0.000000179. The first-order valence-electron chi connectivity index (χ1n) is 40.0. The van der Waals surface area contributed by atoms with Gasteiger partial charge in [0.15, 0.2) is 5.78 Å². The molecule has 630 valence electrons. The quantitative estimate of drug-likeness (QED) is 0.0809. The zero-order valence-electron chi connectivity index (χ0n) is 71.5. The van der Waals surface area contributed by atoms with Gasteiger partial charge in [-0.2, -0.15) is 11.3 Å². The van der Waals surface area contributed by atoms with Gasteiger partial charge >= 0.3 is 0 Å². The van der Waals surface area contributed by atoms with Crippen LogP contribution in [0, 0.1) is 94.7 Å². The molecule has 8 heterocycles. The molecule has 0 bridgehead atoms. The van der Waals surface area contributed by atoms with E-state index in [4.69, 9.17) is 9.40 Å². The number of ketones is 1. The number of aliphatic hydroxyl groups excluding tert-OH is 1. The van der Waals surface area contributed by atoms with Crippen LogP contribution in [0.2, 0.25) is 0 Å². The minimum Gasteiger partial charge on any atom is -0.512 e. The Morgan fingerprint density at radius 2 is 1.04 bits per heavy atom. The van der Waals surface area contributed by atoms with Gasteiger partial charge in [0, 0.05) is 149 Å². The molecule has 1 N–H and O–H groups in total. The fourth-order valence-corrected chi connectivity index (χ4v) is 14.1. The van der Waals surface area contributed by atoms with E-state index in [1.54, 1.807) is 0 Å². The number of nitrogens with zero attached hydrogens (tertiary/aromatic N) is 6. The third-order valence-electron chi connectivity index (χ3n) is 19.5. The zero-order chi connectivity index (χ0) is 84.0. The SMILES string of the molecule is CC(C)(C)C(=O)C=C(O)C(C)(C)C.Cc1[c-]c(-c2ccc3c(CC(C)C)cccc3n2)cc(C)c1.Cc1cc(-c2[c-]cccc2)ncc1-c1ccccc1.Cc1ccc(-c2[c-]ccc3c2oc2ccccc23)nc1.Cc1ccc(-c2[c-]cccc2)nc1.Cc1cccnc1-c1[c-]cccc1.[Ir].[Ir].[Ir].[Ir].[c-]1cc2sc3ccccc3c2cc1-c1ccccn1. The Morgan fingerprint density at radius 3 is 1.65 bits per heavy atom. The van der Waals surface area contributed by atoms with E-state index < -0.39 is 5.41 Å². The van der Waals surface area contributed by atoms with Crippen LogP contribution in [0.3, 0.4) is 0 Å². The summed E-state index contributed by atoms with van der Waals surface area (Å²) >= 11 is 1.81. The van der Waals surface area contributed by atoms with Gasteiger partial charge in [0.2, 0.25) is 0 Å². The number of aromatic nitrogens is 6. The Labute approximate surface area is 783 Å². The maximum atomic E-state index is 11.5. The number of carbonyl (C=O) groups excluding carboxylic acids is 1. The van der Waals surface area contributed by atoms with Gasteiger partial charge in [0.1, 0.15) is 11.3 Å². The first kappa shape index (κ1) is 97.6. The molecule has 0 saturated carbocycles. The molecular formula is C109H98Ir4N6O3S-6. The molecule has 0 spiro atoms. The average molecular weight is 2340 g/mol. The Morgan fingerprint density at radius 1 is 0.439 bits per heavy atom. The second-order valence-electron chi connectivity index (χ2n) is 31.7. The van der Waals surface area contributed by atoms with E-state index in [1.807, 2.05) is 255 Å². The molecule has 9 nitrogen and oxygen atoms in total. The van der Waals surface area contributed by atoms with Crippen molar-refractivity contribution in [3.8, 4) is 78.7 Å². The number of carbonyl (C=O) groups is 1. The number of aliphatic hydroxyl groups is 1. The van der Waals surface area contributed by atoms with Gasteiger partial charge < -0.3 is 34.4 Å². The van der Waals surface area contributed by atoms with Crippen LogP contribution in [-0.2, 0) is 91.6 Å². The molecule has 123 heavy (non-hydrogen) atoms. The largest absolute Gasteiger partial charge is 0.512 e. The van der Waals surface area contributed by atoms with Gasteiger partial charge in [-0.3, -0.25) is 9.78 Å². The van der Waals surface area contributed by atoms with Crippen LogP contribution in [0.5, 0.6) is 0 Å². The van der Waals surface area contributed by atoms with Crippen molar-refractivity contribution in [3.63, 3.8) is 0 Å². The minimum atomic E-state index is -0.417. The van der Waals surface area contributed by atoms with Crippen LogP contribution >= 0.6 is 11.3 Å². The van der Waals surface area contributed by atoms with E-state index in [-0.39, 0.29) is 97.4 Å². The summed E-state index contributed by atoms with van der Waals surface area (Å²) in [5.74, 6) is 0.755. The molecule has 0 unspecified atom stereocenters. The number of rotatable bonds is 10. The molecule has 0 amide bonds. The van der Waals surface area contributed by atoms with Crippen molar-refractivity contribution in [2.75, 3.05) is 0 Å². The first-order chi connectivity index (χ1) is 57.4. The summed E-state index contributed by atoms with van der Waals surface area (Å²) in [6.07, 6.45) is 11.7. The number of fused-ring (bicyclic) bond motifs is 7. The number of aryl methyl sites for hydroxylation is 6. The van der Waals surface area contributed by atoms with Crippen LogP contribution in [0.15, 0.2) is 326 Å². The van der Waals surface area contributed by atoms with Crippen molar-refractivity contribution < 1.29 is 94.7 Å². The number of hydrogen-bond donors (Lipinski definition) is 1. The van der Waals surface area contributed by atoms with E-state index in [0.717, 1.165) is 113 Å². The molecular weight excluding hydrogens is 2240 g/mol. The van der Waals surface area contributed by atoms with E-state index in [9.17, 15) is 9.90 Å². The molecule has 10 aromatic carbocycles. The van der Waals surface area contributed by atoms with E-state index in [2.05, 4.69) is 224 Å². The molecule has 18 aromatic rings. The summed E-state index contributed by atoms with van der Waals surface area (Å²) in [4.78, 5) is 38.4. The molecule has 0 aliphatic rings. The van der Waals surface area contributed by atoms with Gasteiger partial charge in [-0.25, -0.2) is 0 Å². The maximum absolute atomic E-state index is 11.5. The number of allylic oxidation sites excluding steroid dienone is 2. The van der Waals surface area contributed by atoms with Crippen molar-refractivity contribution >= 4 is 70.1 Å². The summed E-state index contributed by atoms with van der Waals surface area (Å²) in [6, 6.07) is 114. The molecule has 8 aromatic heterocycles. The van der Waals surface area contributed by atoms with Gasteiger partial charge in [-0.15, -0.1) is 185 Å². The Kier molecular flexibility index (Phi) is 37.0. The molecule has 14 heteroatoms. The molecule has 0 aliphatic carbocycles. The number of thiophene rings is 1. The summed E-state index contributed by atoms with van der Waals surface area (Å²) in [5.41, 5.74) is 25.0. The number of para-hydroxylation sites is 1. The average Bonchev–Trinajstić information content (AvgIpc) is 1.62. The van der Waals surface area contributed by atoms with Gasteiger partial charge in [0.05, 0.1) is 11.1 Å². The van der Waals surface area contributed by atoms with Crippen molar-refractivity contribution in [3.05, 3.63) is 397 Å². The van der Waals surface area contributed by atoms with Crippen molar-refractivity contribution in [2.24, 2.45) is 16.7 Å². The van der Waals surface area contributed by atoms with E-state index in [1.165, 1.54) is 70.6 Å². The topological polar surface area (TPSA) is 128 Å². The number of hydrogen-bond acceptors (Lipinski definition) is 10. The number of furan rings is 1. The van der Waals surface area contributed by atoms with Crippen molar-refractivity contribution in [1.29, 1.82) is 0 Å². The van der Waals surface area contributed by atoms with Crippen LogP contribution in [0.25, 0.3) is 132 Å². The van der Waals surface area contributed by atoms with Crippen LogP contribution < -0.4 is 0 Å². The van der Waals surface area contributed by atoms with Crippen LogP contribution in [0.4, 0.5) is 0 Å². The van der Waals surface area contributed by atoms with E-state index >= 15 is 0 Å². The predicted molar refractivity (Wildman–Crippen MR) is 496 cm³/mol. The second-order valence-corrected chi connectivity index (χ2v) is 32.8. The summed E-state index contributed by atoms with van der Waals surface area (Å²) in [7, 11) is 0. The normalized spacial score (nSPS) is 10.8. The zero-order valence-corrected chi connectivity index (χ0v) is 81.9. The maximum Gasteiger partial charge on any atom is 0.164 e. The summed E-state index contributed by atoms with van der Waals surface area (Å²) in [5, 5.41) is 15.7. The third-order valence-corrected chi connectivity index (χ3v) is 20.6.